The van der Waals surface area contributed by atoms with E-state index in [1.54, 1.807) is 25.3 Å². The monoisotopic (exact) mass is 588 g/mol. The third-order valence-corrected chi connectivity index (χ3v) is 6.89. The highest BCUT2D eigenvalue weighted by Gasteiger charge is 2.33. The van der Waals surface area contributed by atoms with E-state index in [1.807, 2.05) is 61.5 Å². The van der Waals surface area contributed by atoms with Crippen molar-refractivity contribution in [2.24, 2.45) is 4.99 Å². The van der Waals surface area contributed by atoms with Gasteiger partial charge in [-0.3, -0.25) is 9.36 Å². The van der Waals surface area contributed by atoms with Gasteiger partial charge in [0.25, 0.3) is 5.56 Å². The van der Waals surface area contributed by atoms with E-state index in [0.717, 1.165) is 20.4 Å². The van der Waals surface area contributed by atoms with Gasteiger partial charge in [-0.05, 0) is 91.8 Å². The summed E-state index contributed by atoms with van der Waals surface area (Å²) in [5, 5.41) is 0. The van der Waals surface area contributed by atoms with Gasteiger partial charge in [-0.1, -0.05) is 35.6 Å². The minimum absolute atomic E-state index is 0.191. The Bertz CT molecular complexity index is 1430. The fourth-order valence-electron chi connectivity index (χ4n) is 3.84. The van der Waals surface area contributed by atoms with E-state index in [1.165, 1.54) is 11.3 Å². The molecular formula is C26H25IN2O4S. The van der Waals surface area contributed by atoms with Crippen LogP contribution in [0.15, 0.2) is 69.6 Å². The van der Waals surface area contributed by atoms with Gasteiger partial charge >= 0.3 is 5.97 Å². The summed E-state index contributed by atoms with van der Waals surface area (Å²) < 4.78 is 14.4. The topological polar surface area (TPSA) is 69.9 Å². The lowest BCUT2D eigenvalue weighted by Crippen LogP contribution is -2.40. The van der Waals surface area contributed by atoms with E-state index in [-0.39, 0.29) is 11.7 Å². The molecule has 176 valence electrons. The number of carbonyl (C=O) groups is 1. The summed E-state index contributed by atoms with van der Waals surface area (Å²) in [6, 6.07) is 14.7. The Morgan fingerprint density at radius 2 is 1.97 bits per heavy atom. The maximum absolute atomic E-state index is 13.6. The van der Waals surface area contributed by atoms with Gasteiger partial charge in [0.2, 0.25) is 0 Å². The lowest BCUT2D eigenvalue weighted by molar-refractivity contribution is -0.143. The van der Waals surface area contributed by atoms with Crippen LogP contribution in [0.3, 0.4) is 0 Å². The number of esters is 1. The van der Waals surface area contributed by atoms with Crippen LogP contribution in [-0.2, 0) is 9.53 Å². The lowest BCUT2D eigenvalue weighted by Gasteiger charge is -2.25. The van der Waals surface area contributed by atoms with Crippen molar-refractivity contribution in [3.05, 3.63) is 94.2 Å². The number of thiazole rings is 1. The van der Waals surface area contributed by atoms with E-state index in [2.05, 4.69) is 27.6 Å². The highest BCUT2D eigenvalue weighted by molar-refractivity contribution is 14.1. The highest BCUT2D eigenvalue weighted by Crippen LogP contribution is 2.32. The molecule has 0 amide bonds. The Morgan fingerprint density at radius 3 is 2.62 bits per heavy atom. The van der Waals surface area contributed by atoms with Crippen LogP contribution in [0.4, 0.5) is 0 Å². The molecule has 4 rings (SSSR count). The number of benzene rings is 2. The maximum Gasteiger partial charge on any atom is 0.338 e. The summed E-state index contributed by atoms with van der Waals surface area (Å²) in [5.41, 5.74) is 2.45. The maximum atomic E-state index is 13.6. The molecule has 0 unspecified atom stereocenters. The van der Waals surface area contributed by atoms with Crippen LogP contribution in [0.1, 0.15) is 44.9 Å². The molecule has 34 heavy (non-hydrogen) atoms. The van der Waals surface area contributed by atoms with Crippen molar-refractivity contribution in [1.82, 2.24) is 4.57 Å². The van der Waals surface area contributed by atoms with Crippen molar-refractivity contribution in [3.8, 4) is 5.75 Å². The molecule has 2 aromatic carbocycles. The number of allylic oxidation sites excluding steroid dienone is 1. The van der Waals surface area contributed by atoms with Crippen molar-refractivity contribution in [1.29, 1.82) is 0 Å². The smallest absolute Gasteiger partial charge is 0.338 e. The molecule has 0 saturated carbocycles. The van der Waals surface area contributed by atoms with Crippen molar-refractivity contribution >= 4 is 46.0 Å². The van der Waals surface area contributed by atoms with Gasteiger partial charge in [0, 0.05) is 3.57 Å². The van der Waals surface area contributed by atoms with Crippen molar-refractivity contribution in [2.45, 2.75) is 39.8 Å². The van der Waals surface area contributed by atoms with Gasteiger partial charge < -0.3 is 9.47 Å². The first kappa shape index (κ1) is 24.4. The largest absolute Gasteiger partial charge is 0.494 e. The van der Waals surface area contributed by atoms with E-state index in [4.69, 9.17) is 9.47 Å². The number of ether oxygens (including phenoxy) is 2. The number of aromatic nitrogens is 1. The average molecular weight is 588 g/mol. The van der Waals surface area contributed by atoms with Crippen molar-refractivity contribution in [2.75, 3.05) is 6.61 Å². The zero-order valence-corrected chi connectivity index (χ0v) is 22.3. The Hall–Kier alpha value is -2.72. The molecule has 1 aliphatic heterocycles. The van der Waals surface area contributed by atoms with Crippen LogP contribution in [0.2, 0.25) is 0 Å². The molecule has 2 heterocycles. The quantitative estimate of drug-likeness (QED) is 0.320. The second-order valence-electron chi connectivity index (χ2n) is 8.09. The van der Waals surface area contributed by atoms with Crippen LogP contribution in [0, 0.1) is 3.57 Å². The number of rotatable bonds is 6. The number of fused-ring (bicyclic) bond motifs is 1. The Kier molecular flexibility index (Phi) is 7.37. The molecule has 0 fully saturated rings. The van der Waals surface area contributed by atoms with Crippen LogP contribution in [0.25, 0.3) is 6.08 Å². The third-order valence-electron chi connectivity index (χ3n) is 5.24. The fraction of sp³-hybridized carbons (Fsp3) is 0.269. The van der Waals surface area contributed by atoms with Gasteiger partial charge in [0.05, 0.1) is 34.6 Å². The van der Waals surface area contributed by atoms with Crippen LogP contribution < -0.4 is 19.6 Å². The molecule has 1 aliphatic rings. The number of nitrogens with zero attached hydrogens (tertiary/aromatic N) is 2. The number of hydrogen-bond acceptors (Lipinski definition) is 6. The summed E-state index contributed by atoms with van der Waals surface area (Å²) in [5.74, 6) is 0.256. The molecule has 1 atom stereocenters. The lowest BCUT2D eigenvalue weighted by atomic mass is 9.96. The fourth-order valence-corrected chi connectivity index (χ4v) is 5.45. The summed E-state index contributed by atoms with van der Waals surface area (Å²) in [4.78, 5) is 32.0. The molecule has 0 spiro atoms. The zero-order valence-electron chi connectivity index (χ0n) is 19.4. The second kappa shape index (κ2) is 10.3. The van der Waals surface area contributed by atoms with E-state index < -0.39 is 12.0 Å². The summed E-state index contributed by atoms with van der Waals surface area (Å²) in [6.45, 7) is 7.87. The molecule has 0 aliphatic carbocycles. The van der Waals surface area contributed by atoms with Gasteiger partial charge in [-0.2, -0.15) is 0 Å². The Labute approximate surface area is 215 Å². The highest BCUT2D eigenvalue weighted by atomic mass is 127. The van der Waals surface area contributed by atoms with Crippen LogP contribution in [0.5, 0.6) is 5.75 Å². The predicted octanol–water partition coefficient (Wildman–Crippen LogP) is 4.19. The van der Waals surface area contributed by atoms with Crippen molar-refractivity contribution < 1.29 is 14.3 Å². The standard InChI is InChI=1S/C26H25IN2O4S/c1-5-32-20-11-9-18(10-12-20)23-22(25(31)33-15(2)3)16(4)28-26-29(23)24(30)21(34-26)14-17-7-6-8-19(27)13-17/h6-15,23H,5H2,1-4H3/b21-14+/t23-/m0/s1. The normalized spacial score (nSPS) is 15.8. The predicted molar refractivity (Wildman–Crippen MR) is 142 cm³/mol. The number of hydrogen-bond donors (Lipinski definition) is 0. The summed E-state index contributed by atoms with van der Waals surface area (Å²) in [6.07, 6.45) is 1.57. The number of halogens is 1. The van der Waals surface area contributed by atoms with Gasteiger partial charge in [-0.25, -0.2) is 9.79 Å². The van der Waals surface area contributed by atoms with Crippen LogP contribution in [-0.4, -0.2) is 23.2 Å². The molecule has 8 heteroatoms. The van der Waals surface area contributed by atoms with Crippen LogP contribution >= 0.6 is 33.9 Å². The molecule has 0 bridgehead atoms. The first-order valence-electron chi connectivity index (χ1n) is 11.0. The Balaban J connectivity index is 1.91. The molecule has 6 nitrogen and oxygen atoms in total. The molecule has 1 aromatic heterocycles. The molecule has 0 saturated heterocycles. The van der Waals surface area contributed by atoms with Gasteiger partial charge in [0.15, 0.2) is 4.80 Å². The number of carbonyl (C=O) groups excluding carboxylic acids is 1. The van der Waals surface area contributed by atoms with Gasteiger partial charge in [0.1, 0.15) is 5.75 Å². The molecule has 0 N–H and O–H groups in total. The molecular weight excluding hydrogens is 563 g/mol. The van der Waals surface area contributed by atoms with E-state index >= 15 is 0 Å². The van der Waals surface area contributed by atoms with E-state index in [9.17, 15) is 9.59 Å². The summed E-state index contributed by atoms with van der Waals surface area (Å²) >= 11 is 3.57. The first-order chi connectivity index (χ1) is 16.3. The third kappa shape index (κ3) is 5.02. The average Bonchev–Trinajstić information content (AvgIpc) is 3.07. The Morgan fingerprint density at radius 1 is 1.24 bits per heavy atom. The van der Waals surface area contributed by atoms with E-state index in [0.29, 0.717) is 27.2 Å². The SMILES string of the molecule is CCOc1ccc([C@H]2C(C(=O)OC(C)C)=C(C)N=c3s/c(=C/c4cccc(I)c4)c(=O)n32)cc1. The first-order valence-corrected chi connectivity index (χ1v) is 12.9. The molecule has 0 radical (unpaired) electrons. The minimum Gasteiger partial charge on any atom is -0.494 e. The molecule has 3 aromatic rings. The summed E-state index contributed by atoms with van der Waals surface area (Å²) in [7, 11) is 0. The zero-order chi connectivity index (χ0) is 24.4. The van der Waals surface area contributed by atoms with Crippen molar-refractivity contribution in [3.63, 3.8) is 0 Å². The second-order valence-corrected chi connectivity index (χ2v) is 10.3. The minimum atomic E-state index is -0.642. The van der Waals surface area contributed by atoms with Gasteiger partial charge in [-0.15, -0.1) is 0 Å².